The highest BCUT2D eigenvalue weighted by Gasteiger charge is 2.19. The minimum absolute atomic E-state index is 0.0790. The zero-order valence-corrected chi connectivity index (χ0v) is 22.1. The second-order valence-electron chi connectivity index (χ2n) is 10.9. The standard InChI is InChI=1S/C30H26FN7O2/c1-30(2,3)13-25(40)33-19-10-17(14-32-15-19)22-7-8-24-27(34-22)28(38-37-24)29-35-23-6-4-5-21(26(23)36-29)16-9-18(31)12-20(39)11-16/h4-12,14-15,39H,13H2,1-3H3,(H,33,40)(H,35,36)(H,37,38). The Labute approximate surface area is 228 Å². The summed E-state index contributed by atoms with van der Waals surface area (Å²) in [5.74, 6) is -0.291. The van der Waals surface area contributed by atoms with Crippen molar-refractivity contribution < 1.29 is 14.3 Å². The van der Waals surface area contributed by atoms with Crippen LogP contribution in [0.2, 0.25) is 0 Å². The summed E-state index contributed by atoms with van der Waals surface area (Å²) in [6, 6.07) is 15.0. The molecule has 0 spiro atoms. The molecule has 4 aromatic heterocycles. The van der Waals surface area contributed by atoms with Crippen LogP contribution in [0.3, 0.4) is 0 Å². The number of aromatic amines is 2. The quantitative estimate of drug-likeness (QED) is 0.201. The van der Waals surface area contributed by atoms with Gasteiger partial charge in [0, 0.05) is 29.8 Å². The van der Waals surface area contributed by atoms with E-state index < -0.39 is 5.82 Å². The first-order chi connectivity index (χ1) is 19.1. The molecule has 0 aliphatic carbocycles. The predicted octanol–water partition coefficient (Wildman–Crippen LogP) is 6.45. The molecule has 0 atom stereocenters. The Bertz CT molecular complexity index is 1880. The average molecular weight is 536 g/mol. The first-order valence-corrected chi connectivity index (χ1v) is 12.7. The highest BCUT2D eigenvalue weighted by molar-refractivity contribution is 5.97. The van der Waals surface area contributed by atoms with E-state index in [1.165, 1.54) is 12.1 Å². The van der Waals surface area contributed by atoms with E-state index in [1.807, 2.05) is 57.2 Å². The molecule has 6 rings (SSSR count). The minimum Gasteiger partial charge on any atom is -0.508 e. The number of nitrogens with one attached hydrogen (secondary N) is 3. The Hall–Kier alpha value is -5.12. The van der Waals surface area contributed by atoms with Crippen molar-refractivity contribution in [2.24, 2.45) is 5.41 Å². The fourth-order valence-electron chi connectivity index (χ4n) is 4.67. The molecule has 0 saturated heterocycles. The number of H-pyrrole nitrogens is 2. The number of hydrogen-bond donors (Lipinski definition) is 4. The topological polar surface area (TPSA) is 132 Å². The van der Waals surface area contributed by atoms with E-state index in [2.05, 4.69) is 25.5 Å². The molecule has 4 N–H and O–H groups in total. The van der Waals surface area contributed by atoms with E-state index in [0.29, 0.717) is 51.5 Å². The molecule has 0 saturated carbocycles. The molecule has 0 aliphatic heterocycles. The minimum atomic E-state index is -0.537. The summed E-state index contributed by atoms with van der Waals surface area (Å²) in [4.78, 5) is 29.6. The van der Waals surface area contributed by atoms with Gasteiger partial charge in [0.15, 0.2) is 11.5 Å². The van der Waals surface area contributed by atoms with Crippen molar-refractivity contribution in [2.75, 3.05) is 5.32 Å². The smallest absolute Gasteiger partial charge is 0.224 e. The number of rotatable bonds is 5. The van der Waals surface area contributed by atoms with E-state index in [4.69, 9.17) is 9.97 Å². The maximum atomic E-state index is 14.0. The van der Waals surface area contributed by atoms with Gasteiger partial charge in [0.1, 0.15) is 17.1 Å². The van der Waals surface area contributed by atoms with Crippen LogP contribution in [0.4, 0.5) is 10.1 Å². The SMILES string of the molecule is CC(C)(C)CC(=O)Nc1cncc(-c2ccc3[nH]nc(-c4nc5c(-c6cc(O)cc(F)c6)cccc5[nH]4)c3n2)c1. The van der Waals surface area contributed by atoms with E-state index in [1.54, 1.807) is 12.4 Å². The van der Waals surface area contributed by atoms with Crippen LogP contribution < -0.4 is 5.32 Å². The number of para-hydroxylation sites is 1. The van der Waals surface area contributed by atoms with Gasteiger partial charge in [-0.3, -0.25) is 14.9 Å². The van der Waals surface area contributed by atoms with Crippen molar-refractivity contribution in [3.8, 4) is 39.7 Å². The van der Waals surface area contributed by atoms with E-state index in [-0.39, 0.29) is 17.1 Å². The van der Waals surface area contributed by atoms with Crippen LogP contribution in [-0.4, -0.2) is 41.1 Å². The lowest BCUT2D eigenvalue weighted by molar-refractivity contribution is -0.117. The van der Waals surface area contributed by atoms with Gasteiger partial charge in [0.05, 0.1) is 34.1 Å². The maximum absolute atomic E-state index is 14.0. The number of nitrogens with zero attached hydrogens (tertiary/aromatic N) is 4. The zero-order chi connectivity index (χ0) is 28.0. The number of aromatic hydroxyl groups is 1. The number of phenolic OH excluding ortho intramolecular Hbond substituents is 1. The molecule has 4 heterocycles. The number of phenols is 1. The number of aromatic nitrogens is 6. The van der Waals surface area contributed by atoms with E-state index >= 15 is 0 Å². The summed E-state index contributed by atoms with van der Waals surface area (Å²) in [6.45, 7) is 6.04. The summed E-state index contributed by atoms with van der Waals surface area (Å²) in [5, 5.41) is 20.3. The Morgan fingerprint density at radius 3 is 2.62 bits per heavy atom. The molecule has 40 heavy (non-hydrogen) atoms. The van der Waals surface area contributed by atoms with Gasteiger partial charge in [-0.1, -0.05) is 32.9 Å². The maximum Gasteiger partial charge on any atom is 0.224 e. The molecular formula is C30H26FN7O2. The Morgan fingerprint density at radius 1 is 0.975 bits per heavy atom. The molecule has 0 bridgehead atoms. The highest BCUT2D eigenvalue weighted by Crippen LogP contribution is 2.33. The van der Waals surface area contributed by atoms with Gasteiger partial charge < -0.3 is 15.4 Å². The van der Waals surface area contributed by atoms with Gasteiger partial charge in [0.2, 0.25) is 5.91 Å². The summed E-state index contributed by atoms with van der Waals surface area (Å²) in [5.41, 5.74) is 6.20. The van der Waals surface area contributed by atoms with Crippen LogP contribution in [-0.2, 0) is 4.79 Å². The van der Waals surface area contributed by atoms with Crippen molar-refractivity contribution in [1.29, 1.82) is 0 Å². The number of hydrogen-bond acceptors (Lipinski definition) is 6. The van der Waals surface area contributed by atoms with Crippen LogP contribution in [0, 0.1) is 11.2 Å². The lowest BCUT2D eigenvalue weighted by Crippen LogP contribution is -2.19. The van der Waals surface area contributed by atoms with Crippen LogP contribution >= 0.6 is 0 Å². The third kappa shape index (κ3) is 4.98. The molecule has 10 heteroatoms. The number of benzene rings is 2. The lowest BCUT2D eigenvalue weighted by atomic mass is 9.92. The second-order valence-corrected chi connectivity index (χ2v) is 10.9. The Morgan fingerprint density at radius 2 is 1.82 bits per heavy atom. The number of carbonyl (C=O) groups is 1. The molecule has 0 unspecified atom stereocenters. The number of amides is 1. The molecule has 1 amide bonds. The van der Waals surface area contributed by atoms with Crippen molar-refractivity contribution in [3.05, 3.63) is 72.8 Å². The number of anilines is 1. The largest absolute Gasteiger partial charge is 0.508 e. The van der Waals surface area contributed by atoms with Crippen LogP contribution in [0.5, 0.6) is 5.75 Å². The number of carbonyl (C=O) groups excluding carboxylic acids is 1. The van der Waals surface area contributed by atoms with Gasteiger partial charge >= 0.3 is 0 Å². The fraction of sp³-hybridized carbons (Fsp3) is 0.167. The van der Waals surface area contributed by atoms with Gasteiger partial charge in [-0.25, -0.2) is 14.4 Å². The van der Waals surface area contributed by atoms with Crippen LogP contribution in [0.25, 0.3) is 56.0 Å². The second kappa shape index (κ2) is 9.57. The lowest BCUT2D eigenvalue weighted by Gasteiger charge is -2.17. The molecule has 0 aliphatic rings. The van der Waals surface area contributed by atoms with E-state index in [0.717, 1.165) is 22.7 Å². The third-order valence-electron chi connectivity index (χ3n) is 6.35. The van der Waals surface area contributed by atoms with Crippen molar-refractivity contribution >= 4 is 33.7 Å². The molecule has 6 aromatic rings. The normalized spacial score (nSPS) is 11.8. The summed E-state index contributed by atoms with van der Waals surface area (Å²) >= 11 is 0. The first-order valence-electron chi connectivity index (χ1n) is 12.7. The van der Waals surface area contributed by atoms with Gasteiger partial charge in [0.25, 0.3) is 0 Å². The molecule has 200 valence electrons. The van der Waals surface area contributed by atoms with Gasteiger partial charge in [-0.05, 0) is 47.4 Å². The van der Waals surface area contributed by atoms with Gasteiger partial charge in [-0.15, -0.1) is 0 Å². The van der Waals surface area contributed by atoms with Crippen LogP contribution in [0.15, 0.2) is 67.0 Å². The van der Waals surface area contributed by atoms with Gasteiger partial charge in [-0.2, -0.15) is 5.10 Å². The van der Waals surface area contributed by atoms with Crippen molar-refractivity contribution in [2.45, 2.75) is 27.2 Å². The molecule has 9 nitrogen and oxygen atoms in total. The monoisotopic (exact) mass is 535 g/mol. The van der Waals surface area contributed by atoms with Crippen LogP contribution in [0.1, 0.15) is 27.2 Å². The highest BCUT2D eigenvalue weighted by atomic mass is 19.1. The summed E-state index contributed by atoms with van der Waals surface area (Å²) < 4.78 is 14.0. The summed E-state index contributed by atoms with van der Waals surface area (Å²) in [6.07, 6.45) is 3.69. The number of halogens is 1. The number of pyridine rings is 2. The number of fused-ring (bicyclic) bond motifs is 2. The van der Waals surface area contributed by atoms with Crippen molar-refractivity contribution in [1.82, 2.24) is 30.1 Å². The molecule has 0 fully saturated rings. The Kier molecular flexibility index (Phi) is 6.02. The fourth-order valence-corrected chi connectivity index (χ4v) is 4.67. The summed E-state index contributed by atoms with van der Waals surface area (Å²) in [7, 11) is 0. The Balaban J connectivity index is 1.37. The predicted molar refractivity (Wildman–Crippen MR) is 152 cm³/mol. The average Bonchev–Trinajstić information content (AvgIpc) is 3.50. The van der Waals surface area contributed by atoms with Crippen molar-refractivity contribution in [3.63, 3.8) is 0 Å². The number of imidazole rings is 1. The molecule has 2 aromatic carbocycles. The molecular weight excluding hydrogens is 509 g/mol. The molecule has 0 radical (unpaired) electrons. The van der Waals surface area contributed by atoms with E-state index in [9.17, 15) is 14.3 Å². The first kappa shape index (κ1) is 25.2. The third-order valence-corrected chi connectivity index (χ3v) is 6.35. The zero-order valence-electron chi connectivity index (χ0n) is 22.1.